The molecule has 0 aliphatic heterocycles. The Morgan fingerprint density at radius 3 is 1.95 bits per heavy atom. The number of alkyl halides is 1. The molecule has 0 bridgehead atoms. The molecule has 0 saturated carbocycles. The van der Waals surface area contributed by atoms with E-state index in [1.165, 1.54) is 23.1 Å². The molecule has 1 nitrogen and oxygen atoms in total. The molecule has 0 fully saturated rings. The van der Waals surface area contributed by atoms with Crippen LogP contribution in [0, 0.1) is 0 Å². The van der Waals surface area contributed by atoms with Crippen LogP contribution in [0.25, 0.3) is 0 Å². The molecule has 0 aliphatic carbocycles. The third-order valence-corrected chi connectivity index (χ3v) is 4.35. The van der Waals surface area contributed by atoms with Gasteiger partial charge in [-0.3, -0.25) is 0 Å². The first kappa shape index (κ1) is 15.1. The molecule has 0 saturated heterocycles. The highest BCUT2D eigenvalue weighted by Gasteiger charge is 2.10. The Morgan fingerprint density at radius 2 is 1.45 bits per heavy atom. The quantitative estimate of drug-likeness (QED) is 0.632. The summed E-state index contributed by atoms with van der Waals surface area (Å²) in [6, 6.07) is 17.1. The SMILES string of the molecule is CCCc1ccc(C(Br)c2ccc(OCC)cc2)cc1. The van der Waals surface area contributed by atoms with Crippen LogP contribution in [0.5, 0.6) is 5.75 Å². The van der Waals surface area contributed by atoms with E-state index in [2.05, 4.69) is 59.3 Å². The molecule has 0 heterocycles. The van der Waals surface area contributed by atoms with Gasteiger partial charge in [-0.25, -0.2) is 0 Å². The molecular weight excluding hydrogens is 312 g/mol. The molecule has 2 aromatic rings. The fourth-order valence-electron chi connectivity index (χ4n) is 2.23. The lowest BCUT2D eigenvalue weighted by atomic mass is 10.0. The second-order valence-corrected chi connectivity index (χ2v) is 5.77. The van der Waals surface area contributed by atoms with Gasteiger partial charge in [0.1, 0.15) is 5.75 Å². The van der Waals surface area contributed by atoms with Gasteiger partial charge in [-0.1, -0.05) is 65.7 Å². The van der Waals surface area contributed by atoms with Gasteiger partial charge in [0.15, 0.2) is 0 Å². The third-order valence-electron chi connectivity index (χ3n) is 3.29. The van der Waals surface area contributed by atoms with E-state index in [9.17, 15) is 0 Å². The summed E-state index contributed by atoms with van der Waals surface area (Å²) in [4.78, 5) is 0.230. The van der Waals surface area contributed by atoms with Gasteiger partial charge in [0, 0.05) is 0 Å². The predicted molar refractivity (Wildman–Crippen MR) is 88.8 cm³/mol. The fourth-order valence-corrected chi connectivity index (χ4v) is 2.84. The molecular formula is C18H21BrO. The fraction of sp³-hybridized carbons (Fsp3) is 0.333. The number of hydrogen-bond acceptors (Lipinski definition) is 1. The van der Waals surface area contributed by atoms with Crippen molar-refractivity contribution in [2.24, 2.45) is 0 Å². The summed E-state index contributed by atoms with van der Waals surface area (Å²) < 4.78 is 5.47. The highest BCUT2D eigenvalue weighted by molar-refractivity contribution is 9.09. The zero-order valence-electron chi connectivity index (χ0n) is 12.1. The number of rotatable bonds is 6. The van der Waals surface area contributed by atoms with E-state index >= 15 is 0 Å². The predicted octanol–water partition coefficient (Wildman–Crippen LogP) is 5.52. The minimum atomic E-state index is 0.230. The standard InChI is InChI=1S/C18H21BrO/c1-3-5-14-6-8-15(9-7-14)18(19)16-10-12-17(13-11-16)20-4-2/h6-13,18H,3-5H2,1-2H3. The van der Waals surface area contributed by atoms with E-state index in [1.54, 1.807) is 0 Å². The molecule has 0 N–H and O–H groups in total. The van der Waals surface area contributed by atoms with Crippen LogP contribution in [-0.4, -0.2) is 6.61 Å². The van der Waals surface area contributed by atoms with E-state index in [1.807, 2.05) is 19.1 Å². The van der Waals surface area contributed by atoms with Crippen molar-refractivity contribution in [3.63, 3.8) is 0 Å². The zero-order chi connectivity index (χ0) is 14.4. The molecule has 0 aromatic heterocycles. The molecule has 106 valence electrons. The Balaban J connectivity index is 2.11. The second kappa shape index (κ2) is 7.49. The lowest BCUT2D eigenvalue weighted by molar-refractivity contribution is 0.340. The largest absolute Gasteiger partial charge is 0.494 e. The number of ether oxygens (including phenoxy) is 1. The van der Waals surface area contributed by atoms with Gasteiger partial charge in [-0.15, -0.1) is 0 Å². The summed E-state index contributed by atoms with van der Waals surface area (Å²) in [5, 5.41) is 0. The maximum absolute atomic E-state index is 5.47. The lowest BCUT2D eigenvalue weighted by Crippen LogP contribution is -1.95. The van der Waals surface area contributed by atoms with E-state index < -0.39 is 0 Å². The van der Waals surface area contributed by atoms with E-state index in [0.29, 0.717) is 6.61 Å². The van der Waals surface area contributed by atoms with Crippen molar-refractivity contribution < 1.29 is 4.74 Å². The first-order chi connectivity index (χ1) is 9.74. The second-order valence-electron chi connectivity index (χ2n) is 4.86. The smallest absolute Gasteiger partial charge is 0.119 e. The average molecular weight is 333 g/mol. The first-order valence-electron chi connectivity index (χ1n) is 7.20. The van der Waals surface area contributed by atoms with Crippen molar-refractivity contribution >= 4 is 15.9 Å². The van der Waals surface area contributed by atoms with Crippen LogP contribution in [0.2, 0.25) is 0 Å². The molecule has 2 rings (SSSR count). The summed E-state index contributed by atoms with van der Waals surface area (Å²) in [7, 11) is 0. The molecule has 1 atom stereocenters. The van der Waals surface area contributed by atoms with Gasteiger partial charge < -0.3 is 4.74 Å². The summed E-state index contributed by atoms with van der Waals surface area (Å²) >= 11 is 3.78. The zero-order valence-corrected chi connectivity index (χ0v) is 13.7. The van der Waals surface area contributed by atoms with Gasteiger partial charge in [-0.05, 0) is 42.2 Å². The Bertz CT molecular complexity index is 467. The van der Waals surface area contributed by atoms with Crippen LogP contribution in [0.15, 0.2) is 48.5 Å². The monoisotopic (exact) mass is 332 g/mol. The van der Waals surface area contributed by atoms with Crippen LogP contribution < -0.4 is 4.74 Å². The molecule has 1 unspecified atom stereocenters. The van der Waals surface area contributed by atoms with E-state index in [4.69, 9.17) is 4.74 Å². The number of aryl methyl sites for hydroxylation is 1. The van der Waals surface area contributed by atoms with Gasteiger partial charge in [-0.2, -0.15) is 0 Å². The van der Waals surface area contributed by atoms with Crippen molar-refractivity contribution in [3.05, 3.63) is 65.2 Å². The minimum Gasteiger partial charge on any atom is -0.494 e. The van der Waals surface area contributed by atoms with Crippen LogP contribution in [0.1, 0.15) is 41.8 Å². The van der Waals surface area contributed by atoms with Crippen molar-refractivity contribution in [2.75, 3.05) is 6.61 Å². The maximum Gasteiger partial charge on any atom is 0.119 e. The maximum atomic E-state index is 5.47. The van der Waals surface area contributed by atoms with Crippen LogP contribution in [-0.2, 0) is 6.42 Å². The van der Waals surface area contributed by atoms with E-state index in [0.717, 1.165) is 12.2 Å². The lowest BCUT2D eigenvalue weighted by Gasteiger charge is -2.12. The molecule has 0 spiro atoms. The summed E-state index contributed by atoms with van der Waals surface area (Å²) in [6.45, 7) is 4.91. The summed E-state index contributed by atoms with van der Waals surface area (Å²) in [5.74, 6) is 0.925. The van der Waals surface area contributed by atoms with Crippen molar-refractivity contribution in [1.29, 1.82) is 0 Å². The number of benzene rings is 2. The van der Waals surface area contributed by atoms with Gasteiger partial charge >= 0.3 is 0 Å². The summed E-state index contributed by atoms with van der Waals surface area (Å²) in [6.07, 6.45) is 2.34. The number of halogens is 1. The topological polar surface area (TPSA) is 9.23 Å². The molecule has 2 aromatic carbocycles. The van der Waals surface area contributed by atoms with Gasteiger partial charge in [0.2, 0.25) is 0 Å². The van der Waals surface area contributed by atoms with Crippen molar-refractivity contribution in [3.8, 4) is 5.75 Å². The van der Waals surface area contributed by atoms with Crippen molar-refractivity contribution in [1.82, 2.24) is 0 Å². The van der Waals surface area contributed by atoms with Crippen LogP contribution >= 0.6 is 15.9 Å². The normalized spacial score (nSPS) is 12.2. The Labute approximate surface area is 130 Å². The minimum absolute atomic E-state index is 0.230. The molecule has 0 aliphatic rings. The van der Waals surface area contributed by atoms with Gasteiger partial charge in [0.05, 0.1) is 11.4 Å². The van der Waals surface area contributed by atoms with Crippen molar-refractivity contribution in [2.45, 2.75) is 31.5 Å². The Hall–Kier alpha value is -1.28. The molecule has 20 heavy (non-hydrogen) atoms. The van der Waals surface area contributed by atoms with Crippen LogP contribution in [0.4, 0.5) is 0 Å². The third kappa shape index (κ3) is 3.86. The highest BCUT2D eigenvalue weighted by Crippen LogP contribution is 2.31. The van der Waals surface area contributed by atoms with Gasteiger partial charge in [0.25, 0.3) is 0 Å². The average Bonchev–Trinajstić information content (AvgIpc) is 2.49. The highest BCUT2D eigenvalue weighted by atomic mass is 79.9. The molecule has 0 radical (unpaired) electrons. The number of hydrogen-bond donors (Lipinski definition) is 0. The summed E-state index contributed by atoms with van der Waals surface area (Å²) in [5.41, 5.74) is 3.94. The Kier molecular flexibility index (Phi) is 5.66. The molecule has 0 amide bonds. The van der Waals surface area contributed by atoms with Crippen LogP contribution in [0.3, 0.4) is 0 Å². The molecule has 2 heteroatoms. The first-order valence-corrected chi connectivity index (χ1v) is 8.11. The van der Waals surface area contributed by atoms with E-state index in [-0.39, 0.29) is 4.83 Å². The Morgan fingerprint density at radius 1 is 0.900 bits per heavy atom.